The van der Waals surface area contributed by atoms with Crippen molar-refractivity contribution in [1.29, 1.82) is 0 Å². The Kier molecular flexibility index (Phi) is 4.22. The SMILES string of the molecule is CCNc1cc(CC)nc(-c2ccc(OC)nn2)n1. The molecule has 2 aromatic rings. The van der Waals surface area contributed by atoms with E-state index in [-0.39, 0.29) is 0 Å². The monoisotopic (exact) mass is 259 g/mol. The summed E-state index contributed by atoms with van der Waals surface area (Å²) < 4.78 is 4.99. The van der Waals surface area contributed by atoms with Crippen molar-refractivity contribution >= 4 is 5.82 Å². The van der Waals surface area contributed by atoms with E-state index in [0.717, 1.165) is 24.5 Å². The van der Waals surface area contributed by atoms with Gasteiger partial charge in [0.05, 0.1) is 7.11 Å². The fraction of sp³-hybridized carbons (Fsp3) is 0.385. The molecule has 0 saturated carbocycles. The molecule has 6 nitrogen and oxygen atoms in total. The Bertz CT molecular complexity index is 541. The summed E-state index contributed by atoms with van der Waals surface area (Å²) in [5, 5.41) is 11.2. The summed E-state index contributed by atoms with van der Waals surface area (Å²) >= 11 is 0. The first-order chi connectivity index (χ1) is 9.26. The lowest BCUT2D eigenvalue weighted by atomic mass is 10.3. The second-order valence-electron chi connectivity index (χ2n) is 3.91. The molecular weight excluding hydrogens is 242 g/mol. The van der Waals surface area contributed by atoms with Gasteiger partial charge in [-0.2, -0.15) is 0 Å². The second kappa shape index (κ2) is 6.08. The lowest BCUT2D eigenvalue weighted by Crippen LogP contribution is -2.04. The maximum Gasteiger partial charge on any atom is 0.233 e. The van der Waals surface area contributed by atoms with Crippen LogP contribution in [0.3, 0.4) is 0 Å². The van der Waals surface area contributed by atoms with Gasteiger partial charge in [0.25, 0.3) is 0 Å². The van der Waals surface area contributed by atoms with Gasteiger partial charge in [-0.15, -0.1) is 10.2 Å². The second-order valence-corrected chi connectivity index (χ2v) is 3.91. The van der Waals surface area contributed by atoms with Crippen LogP contribution in [-0.4, -0.2) is 33.8 Å². The third-order valence-corrected chi connectivity index (χ3v) is 2.58. The quantitative estimate of drug-likeness (QED) is 0.884. The first-order valence-electron chi connectivity index (χ1n) is 6.26. The van der Waals surface area contributed by atoms with Gasteiger partial charge in [0, 0.05) is 24.4 Å². The molecule has 0 unspecified atom stereocenters. The number of aromatic nitrogens is 4. The number of nitrogens with one attached hydrogen (secondary N) is 1. The zero-order valence-electron chi connectivity index (χ0n) is 11.3. The minimum atomic E-state index is 0.474. The number of methoxy groups -OCH3 is 1. The zero-order valence-corrected chi connectivity index (χ0v) is 11.3. The lowest BCUT2D eigenvalue weighted by molar-refractivity contribution is 0.392. The van der Waals surface area contributed by atoms with Gasteiger partial charge in [0.15, 0.2) is 5.82 Å². The Morgan fingerprint density at radius 2 is 2.00 bits per heavy atom. The fourth-order valence-corrected chi connectivity index (χ4v) is 1.61. The molecule has 100 valence electrons. The Morgan fingerprint density at radius 3 is 2.58 bits per heavy atom. The molecule has 0 bridgehead atoms. The van der Waals surface area contributed by atoms with Crippen LogP contribution in [0.2, 0.25) is 0 Å². The van der Waals surface area contributed by atoms with Gasteiger partial charge < -0.3 is 10.1 Å². The molecule has 0 aliphatic rings. The molecule has 0 aromatic carbocycles. The van der Waals surface area contributed by atoms with Crippen molar-refractivity contribution in [3.05, 3.63) is 23.9 Å². The summed E-state index contributed by atoms with van der Waals surface area (Å²) in [6, 6.07) is 5.50. The minimum absolute atomic E-state index is 0.474. The number of hydrogen-bond acceptors (Lipinski definition) is 6. The molecule has 0 saturated heterocycles. The van der Waals surface area contributed by atoms with Crippen LogP contribution in [0.15, 0.2) is 18.2 Å². The van der Waals surface area contributed by atoms with Crippen LogP contribution in [0.5, 0.6) is 5.88 Å². The molecule has 0 radical (unpaired) electrons. The number of nitrogens with zero attached hydrogens (tertiary/aromatic N) is 4. The molecule has 19 heavy (non-hydrogen) atoms. The van der Waals surface area contributed by atoms with Crippen LogP contribution in [0.25, 0.3) is 11.5 Å². The van der Waals surface area contributed by atoms with Crippen LogP contribution in [0.1, 0.15) is 19.5 Å². The van der Waals surface area contributed by atoms with Crippen LogP contribution in [0, 0.1) is 0 Å². The third kappa shape index (κ3) is 3.15. The van der Waals surface area contributed by atoms with E-state index >= 15 is 0 Å². The summed E-state index contributed by atoms with van der Waals surface area (Å²) in [6.45, 7) is 4.90. The number of anilines is 1. The molecule has 0 aliphatic heterocycles. The van der Waals surface area contributed by atoms with Gasteiger partial charge in [-0.1, -0.05) is 6.92 Å². The third-order valence-electron chi connectivity index (χ3n) is 2.58. The van der Waals surface area contributed by atoms with Crippen LogP contribution in [-0.2, 0) is 6.42 Å². The summed E-state index contributed by atoms with van der Waals surface area (Å²) in [7, 11) is 1.56. The van der Waals surface area contributed by atoms with Gasteiger partial charge in [0.1, 0.15) is 11.5 Å². The van der Waals surface area contributed by atoms with Gasteiger partial charge >= 0.3 is 0 Å². The Morgan fingerprint density at radius 1 is 1.16 bits per heavy atom. The topological polar surface area (TPSA) is 72.8 Å². The molecule has 0 amide bonds. The van der Waals surface area contributed by atoms with E-state index < -0.39 is 0 Å². The molecule has 0 fully saturated rings. The van der Waals surface area contributed by atoms with Crippen LogP contribution < -0.4 is 10.1 Å². The Hall–Kier alpha value is -2.24. The number of hydrogen-bond donors (Lipinski definition) is 1. The fourth-order valence-electron chi connectivity index (χ4n) is 1.61. The van der Waals surface area contributed by atoms with Crippen molar-refractivity contribution in [3.8, 4) is 17.4 Å². The van der Waals surface area contributed by atoms with E-state index in [2.05, 4.69) is 32.4 Å². The highest BCUT2D eigenvalue weighted by atomic mass is 16.5. The Balaban J connectivity index is 2.38. The van der Waals surface area contributed by atoms with Gasteiger partial charge in [-0.25, -0.2) is 9.97 Å². The van der Waals surface area contributed by atoms with Crippen LogP contribution >= 0.6 is 0 Å². The molecular formula is C13H17N5O. The molecule has 0 spiro atoms. The predicted molar refractivity (Wildman–Crippen MR) is 73.2 cm³/mol. The van der Waals surface area contributed by atoms with E-state index in [4.69, 9.17) is 4.74 Å². The van der Waals surface area contributed by atoms with E-state index in [1.807, 2.05) is 13.0 Å². The number of aryl methyl sites for hydroxylation is 1. The number of rotatable bonds is 5. The molecule has 2 rings (SSSR count). The molecule has 0 atom stereocenters. The maximum absolute atomic E-state index is 4.99. The summed E-state index contributed by atoms with van der Waals surface area (Å²) in [4.78, 5) is 8.90. The average molecular weight is 259 g/mol. The van der Waals surface area contributed by atoms with E-state index in [9.17, 15) is 0 Å². The molecule has 1 N–H and O–H groups in total. The molecule has 6 heteroatoms. The largest absolute Gasteiger partial charge is 0.480 e. The van der Waals surface area contributed by atoms with Crippen molar-refractivity contribution < 1.29 is 4.74 Å². The summed E-state index contributed by atoms with van der Waals surface area (Å²) in [5.74, 6) is 1.86. The first-order valence-corrected chi connectivity index (χ1v) is 6.26. The Labute approximate surface area is 112 Å². The van der Waals surface area contributed by atoms with Crippen molar-refractivity contribution in [3.63, 3.8) is 0 Å². The number of ether oxygens (including phenoxy) is 1. The minimum Gasteiger partial charge on any atom is -0.480 e. The van der Waals surface area contributed by atoms with Crippen molar-refractivity contribution in [2.75, 3.05) is 19.0 Å². The van der Waals surface area contributed by atoms with Crippen molar-refractivity contribution in [1.82, 2.24) is 20.2 Å². The average Bonchev–Trinajstić information content (AvgIpc) is 2.47. The summed E-state index contributed by atoms with van der Waals surface area (Å²) in [5.41, 5.74) is 1.61. The lowest BCUT2D eigenvalue weighted by Gasteiger charge is -2.07. The highest BCUT2D eigenvalue weighted by molar-refractivity contribution is 5.52. The maximum atomic E-state index is 4.99. The van der Waals surface area contributed by atoms with E-state index in [0.29, 0.717) is 17.4 Å². The highest BCUT2D eigenvalue weighted by Gasteiger charge is 2.08. The normalized spacial score (nSPS) is 10.3. The molecule has 2 aromatic heterocycles. The predicted octanol–water partition coefficient (Wildman–Crippen LogP) is 1.94. The highest BCUT2D eigenvalue weighted by Crippen LogP contribution is 2.17. The van der Waals surface area contributed by atoms with E-state index in [1.165, 1.54) is 0 Å². The van der Waals surface area contributed by atoms with Gasteiger partial charge in [-0.3, -0.25) is 0 Å². The van der Waals surface area contributed by atoms with Gasteiger partial charge in [0.2, 0.25) is 5.88 Å². The molecule has 0 aliphatic carbocycles. The molecule has 2 heterocycles. The van der Waals surface area contributed by atoms with Crippen LogP contribution in [0.4, 0.5) is 5.82 Å². The van der Waals surface area contributed by atoms with E-state index in [1.54, 1.807) is 19.2 Å². The summed E-state index contributed by atoms with van der Waals surface area (Å²) in [6.07, 6.45) is 0.845. The first kappa shape index (κ1) is 13.2. The van der Waals surface area contributed by atoms with Gasteiger partial charge in [-0.05, 0) is 19.4 Å². The van der Waals surface area contributed by atoms with Crippen molar-refractivity contribution in [2.45, 2.75) is 20.3 Å². The zero-order chi connectivity index (χ0) is 13.7. The van der Waals surface area contributed by atoms with Crippen molar-refractivity contribution in [2.24, 2.45) is 0 Å². The smallest absolute Gasteiger partial charge is 0.233 e. The standard InChI is InChI=1S/C13H17N5O/c1-4-9-8-11(14-5-2)16-13(15-9)10-6-7-12(19-3)18-17-10/h6-8H,4-5H2,1-3H3,(H,14,15,16).